The number of halogens is 1. The van der Waals surface area contributed by atoms with Crippen molar-refractivity contribution in [2.45, 2.75) is 6.42 Å². The molecule has 1 aliphatic rings. The summed E-state index contributed by atoms with van der Waals surface area (Å²) in [5.74, 6) is 0.237. The number of thiocarbonyl (C=S) groups is 1. The summed E-state index contributed by atoms with van der Waals surface area (Å²) in [6.07, 6.45) is 1.88. The normalized spacial score (nSPS) is 14.3. The van der Waals surface area contributed by atoms with E-state index < -0.39 is 11.8 Å². The Balaban J connectivity index is 1.33. The number of nitrogens with zero attached hydrogens (tertiary/aromatic N) is 1. The van der Waals surface area contributed by atoms with Gasteiger partial charge in [0.1, 0.15) is 17.1 Å². The standard InChI is InChI=1S/C31H21BrN2O4S/c32-28(35)19-21-8-12-23(13-9-21)22-10-6-20(7-11-22)18-27-29(36)33-31(39)34(30(27)37)24-14-16-26(17-15-24)38-25-4-2-1-3-5-25/h1-18H,19H2,(H,33,36,39). The van der Waals surface area contributed by atoms with Gasteiger partial charge in [0.05, 0.1) is 5.69 Å². The first-order valence-corrected chi connectivity index (χ1v) is 13.2. The second kappa shape index (κ2) is 11.6. The number of hydrogen-bond donors (Lipinski definition) is 1. The van der Waals surface area contributed by atoms with Crippen LogP contribution in [0.25, 0.3) is 17.2 Å². The zero-order valence-corrected chi connectivity index (χ0v) is 22.9. The van der Waals surface area contributed by atoms with Gasteiger partial charge in [-0.15, -0.1) is 0 Å². The number of anilines is 1. The molecule has 0 saturated carbocycles. The number of carbonyl (C=O) groups excluding carboxylic acids is 3. The van der Waals surface area contributed by atoms with Crippen molar-refractivity contribution in [1.82, 2.24) is 5.32 Å². The molecule has 1 N–H and O–H groups in total. The highest BCUT2D eigenvalue weighted by atomic mass is 79.9. The molecule has 5 rings (SSSR count). The molecule has 4 aromatic carbocycles. The van der Waals surface area contributed by atoms with E-state index in [1.54, 1.807) is 30.3 Å². The Kier molecular flexibility index (Phi) is 7.76. The Morgan fingerprint density at radius 2 is 1.41 bits per heavy atom. The summed E-state index contributed by atoms with van der Waals surface area (Å²) in [7, 11) is 0. The molecule has 6 nitrogen and oxygen atoms in total. The van der Waals surface area contributed by atoms with Gasteiger partial charge >= 0.3 is 0 Å². The maximum absolute atomic E-state index is 13.4. The summed E-state index contributed by atoms with van der Waals surface area (Å²) < 4.78 is 5.75. The molecule has 4 aromatic rings. The Morgan fingerprint density at radius 1 is 0.821 bits per heavy atom. The third-order valence-corrected chi connectivity index (χ3v) is 6.59. The lowest BCUT2D eigenvalue weighted by Gasteiger charge is -2.29. The Morgan fingerprint density at radius 3 is 2.03 bits per heavy atom. The number of ether oxygens (including phenoxy) is 1. The van der Waals surface area contributed by atoms with Crippen LogP contribution in [-0.2, 0) is 20.8 Å². The van der Waals surface area contributed by atoms with E-state index in [1.807, 2.05) is 78.9 Å². The molecule has 0 bridgehead atoms. The van der Waals surface area contributed by atoms with Gasteiger partial charge in [-0.2, -0.15) is 0 Å². The van der Waals surface area contributed by atoms with E-state index in [1.165, 1.54) is 4.90 Å². The summed E-state index contributed by atoms with van der Waals surface area (Å²) >= 11 is 8.27. The Labute approximate surface area is 239 Å². The first kappa shape index (κ1) is 26.2. The van der Waals surface area contributed by atoms with Crippen molar-refractivity contribution in [3.05, 3.63) is 120 Å². The first-order chi connectivity index (χ1) is 18.9. The summed E-state index contributed by atoms with van der Waals surface area (Å²) in [5.41, 5.74) is 4.06. The number of carbonyl (C=O) groups is 3. The summed E-state index contributed by atoms with van der Waals surface area (Å²) in [6.45, 7) is 0. The summed E-state index contributed by atoms with van der Waals surface area (Å²) in [6, 6.07) is 31.5. The molecule has 1 saturated heterocycles. The molecule has 0 unspecified atom stereocenters. The van der Waals surface area contributed by atoms with Crippen LogP contribution in [0.4, 0.5) is 5.69 Å². The van der Waals surface area contributed by atoms with E-state index in [4.69, 9.17) is 17.0 Å². The molecular weight excluding hydrogens is 576 g/mol. The smallest absolute Gasteiger partial charge is 0.270 e. The Bertz CT molecular complexity index is 1580. The van der Waals surface area contributed by atoms with Crippen LogP contribution in [0.3, 0.4) is 0 Å². The van der Waals surface area contributed by atoms with E-state index >= 15 is 0 Å². The molecule has 1 aliphatic heterocycles. The van der Waals surface area contributed by atoms with Crippen LogP contribution in [0.2, 0.25) is 0 Å². The number of hydrogen-bond acceptors (Lipinski definition) is 5. The average Bonchev–Trinajstić information content (AvgIpc) is 2.93. The second-order valence-electron chi connectivity index (χ2n) is 8.72. The third kappa shape index (κ3) is 6.19. The van der Waals surface area contributed by atoms with Gasteiger partial charge in [-0.1, -0.05) is 66.7 Å². The van der Waals surface area contributed by atoms with Crippen LogP contribution >= 0.6 is 28.1 Å². The minimum atomic E-state index is -0.550. The van der Waals surface area contributed by atoms with Crippen LogP contribution < -0.4 is 15.0 Å². The zero-order valence-electron chi connectivity index (χ0n) is 20.5. The lowest BCUT2D eigenvalue weighted by Crippen LogP contribution is -2.54. The predicted molar refractivity (Wildman–Crippen MR) is 159 cm³/mol. The van der Waals surface area contributed by atoms with Gasteiger partial charge in [0, 0.05) is 6.42 Å². The SMILES string of the molecule is O=C(Br)Cc1ccc(-c2ccc(C=C3C(=O)NC(=S)N(c4ccc(Oc5ccccc5)cc4)C3=O)cc2)cc1. The summed E-state index contributed by atoms with van der Waals surface area (Å²) in [5, 5.41) is 2.62. The number of nitrogens with one attached hydrogen (secondary N) is 1. The van der Waals surface area contributed by atoms with E-state index in [-0.39, 0.29) is 15.4 Å². The molecule has 0 aliphatic carbocycles. The lowest BCUT2D eigenvalue weighted by molar-refractivity contribution is -0.122. The highest BCUT2D eigenvalue weighted by Gasteiger charge is 2.34. The van der Waals surface area contributed by atoms with E-state index in [0.29, 0.717) is 29.2 Å². The first-order valence-electron chi connectivity index (χ1n) is 12.0. The maximum Gasteiger partial charge on any atom is 0.270 e. The average molecular weight is 597 g/mol. The van der Waals surface area contributed by atoms with Gasteiger partial charge < -0.3 is 4.74 Å². The topological polar surface area (TPSA) is 75.7 Å². The van der Waals surface area contributed by atoms with E-state index in [9.17, 15) is 14.4 Å². The highest BCUT2D eigenvalue weighted by molar-refractivity contribution is 9.18. The van der Waals surface area contributed by atoms with Crippen molar-refractivity contribution >= 4 is 61.5 Å². The van der Waals surface area contributed by atoms with E-state index in [0.717, 1.165) is 16.7 Å². The zero-order chi connectivity index (χ0) is 27.4. The fraction of sp³-hybridized carbons (Fsp3) is 0.0323. The Hall–Kier alpha value is -4.40. The lowest BCUT2D eigenvalue weighted by atomic mass is 10.0. The van der Waals surface area contributed by atoms with Crippen LogP contribution in [-0.4, -0.2) is 21.6 Å². The van der Waals surface area contributed by atoms with Crippen molar-refractivity contribution in [3.8, 4) is 22.6 Å². The van der Waals surface area contributed by atoms with Gasteiger partial charge in [-0.05, 0) is 92.9 Å². The van der Waals surface area contributed by atoms with Crippen LogP contribution in [0, 0.1) is 0 Å². The van der Waals surface area contributed by atoms with Gasteiger partial charge in [-0.25, -0.2) is 0 Å². The molecule has 192 valence electrons. The molecule has 39 heavy (non-hydrogen) atoms. The van der Waals surface area contributed by atoms with Crippen molar-refractivity contribution in [1.29, 1.82) is 0 Å². The number of benzene rings is 4. The molecule has 1 heterocycles. The van der Waals surface area contributed by atoms with Crippen LogP contribution in [0.1, 0.15) is 11.1 Å². The molecule has 0 aromatic heterocycles. The van der Waals surface area contributed by atoms with Crippen LogP contribution in [0.15, 0.2) is 109 Å². The van der Waals surface area contributed by atoms with Gasteiger partial charge in [0.15, 0.2) is 5.11 Å². The molecule has 0 atom stereocenters. The number of amides is 2. The fourth-order valence-electron chi connectivity index (χ4n) is 4.09. The quantitative estimate of drug-likeness (QED) is 0.115. The molecule has 0 spiro atoms. The molecule has 8 heteroatoms. The maximum atomic E-state index is 13.4. The van der Waals surface area contributed by atoms with Crippen LogP contribution in [0.5, 0.6) is 11.5 Å². The van der Waals surface area contributed by atoms with Crippen molar-refractivity contribution in [3.63, 3.8) is 0 Å². The monoisotopic (exact) mass is 596 g/mol. The number of para-hydroxylation sites is 1. The minimum Gasteiger partial charge on any atom is -0.457 e. The van der Waals surface area contributed by atoms with Crippen molar-refractivity contribution < 1.29 is 19.1 Å². The fourth-order valence-corrected chi connectivity index (χ4v) is 4.70. The predicted octanol–water partition coefficient (Wildman–Crippen LogP) is 6.44. The number of rotatable bonds is 7. The van der Waals surface area contributed by atoms with Crippen molar-refractivity contribution in [2.24, 2.45) is 0 Å². The molecule has 2 amide bonds. The van der Waals surface area contributed by atoms with Gasteiger partial charge in [0.2, 0.25) is 4.69 Å². The van der Waals surface area contributed by atoms with Crippen molar-refractivity contribution in [2.75, 3.05) is 4.90 Å². The summed E-state index contributed by atoms with van der Waals surface area (Å²) in [4.78, 5) is 38.6. The van der Waals surface area contributed by atoms with Gasteiger partial charge in [0.25, 0.3) is 11.8 Å². The minimum absolute atomic E-state index is 0.0132. The van der Waals surface area contributed by atoms with E-state index in [2.05, 4.69) is 21.2 Å². The third-order valence-electron chi connectivity index (χ3n) is 6.03. The second-order valence-corrected chi connectivity index (χ2v) is 9.99. The molecular formula is C31H21BrN2O4S. The molecule has 0 radical (unpaired) electrons. The molecule has 1 fully saturated rings. The van der Waals surface area contributed by atoms with Gasteiger partial charge in [-0.3, -0.25) is 24.6 Å². The largest absolute Gasteiger partial charge is 0.457 e. The highest BCUT2D eigenvalue weighted by Crippen LogP contribution is 2.28.